The summed E-state index contributed by atoms with van der Waals surface area (Å²) in [6.45, 7) is 4.10. The Bertz CT molecular complexity index is 1210. The fourth-order valence-electron chi connectivity index (χ4n) is 3.94. The average Bonchev–Trinajstić information content (AvgIpc) is 3.00. The maximum atomic E-state index is 11.1. The van der Waals surface area contributed by atoms with Gasteiger partial charge in [0.2, 0.25) is 0 Å². The fraction of sp³-hybridized carbons (Fsp3) is 0.517. The van der Waals surface area contributed by atoms with Gasteiger partial charge in [-0.3, -0.25) is 0 Å². The van der Waals surface area contributed by atoms with Gasteiger partial charge in [-0.1, -0.05) is 51.4 Å². The lowest BCUT2D eigenvalue weighted by molar-refractivity contribution is -0.193. The second kappa shape index (κ2) is 20.7. The summed E-state index contributed by atoms with van der Waals surface area (Å²) in [6, 6.07) is 13.8. The van der Waals surface area contributed by atoms with Crippen LogP contribution in [0.25, 0.3) is 0 Å². The molecule has 1 aliphatic rings. The van der Waals surface area contributed by atoms with Crippen LogP contribution in [0.1, 0.15) is 30.4 Å². The predicted octanol–water partition coefficient (Wildman–Crippen LogP) is 6.25. The van der Waals surface area contributed by atoms with Crippen molar-refractivity contribution in [3.63, 3.8) is 0 Å². The van der Waals surface area contributed by atoms with Crippen molar-refractivity contribution in [3.8, 4) is 11.5 Å². The van der Waals surface area contributed by atoms with E-state index in [1.807, 2.05) is 51.9 Å². The summed E-state index contributed by atoms with van der Waals surface area (Å²) < 4.78 is 75.0. The molecule has 1 aliphatic heterocycles. The topological polar surface area (TPSA) is 143 Å². The molecule has 0 saturated carbocycles. The van der Waals surface area contributed by atoms with E-state index in [1.54, 1.807) is 7.11 Å². The lowest BCUT2D eigenvalue weighted by Crippen LogP contribution is -2.43. The molecule has 3 rings (SSSR count). The number of carboxylic acid groups (broad SMARTS) is 2. The highest BCUT2D eigenvalue weighted by molar-refractivity contribution is 8.76. The molecule has 1 heterocycles. The Morgan fingerprint density at radius 1 is 0.936 bits per heavy atom. The highest BCUT2D eigenvalue weighted by Crippen LogP contribution is 2.34. The number of carboxylic acids is 2. The number of aliphatic carboxylic acids is 2. The van der Waals surface area contributed by atoms with Crippen LogP contribution in [0.15, 0.2) is 42.5 Å². The number of halogens is 7. The summed E-state index contributed by atoms with van der Waals surface area (Å²) in [4.78, 5) is 20.2. The number of hydrogen-bond acceptors (Lipinski definition) is 9. The molecule has 0 atom stereocenters. The summed E-state index contributed by atoms with van der Waals surface area (Å²) in [5.74, 6) is -1.89. The van der Waals surface area contributed by atoms with Gasteiger partial charge >= 0.3 is 24.3 Å². The van der Waals surface area contributed by atoms with E-state index in [4.69, 9.17) is 46.6 Å². The summed E-state index contributed by atoms with van der Waals surface area (Å²) in [5.41, 5.74) is 6.93. The minimum absolute atomic E-state index is 0.677. The van der Waals surface area contributed by atoms with Crippen LogP contribution in [0, 0.1) is 0 Å². The van der Waals surface area contributed by atoms with Crippen LogP contribution in [0.4, 0.5) is 26.3 Å². The van der Waals surface area contributed by atoms with Gasteiger partial charge in [0.1, 0.15) is 0 Å². The summed E-state index contributed by atoms with van der Waals surface area (Å²) in [7, 11) is 5.35. The Hall–Kier alpha value is -2.57. The first-order chi connectivity index (χ1) is 21.9. The molecule has 1 saturated heterocycles. The minimum Gasteiger partial charge on any atom is -0.493 e. The van der Waals surface area contributed by atoms with Crippen LogP contribution < -0.4 is 15.2 Å². The van der Waals surface area contributed by atoms with Gasteiger partial charge in [0.25, 0.3) is 0 Å². The number of benzene rings is 2. The third-order valence-corrected chi connectivity index (χ3v) is 9.18. The van der Waals surface area contributed by atoms with Crippen molar-refractivity contribution in [1.29, 1.82) is 0 Å². The summed E-state index contributed by atoms with van der Waals surface area (Å²) in [6.07, 6.45) is -6.78. The minimum atomic E-state index is -5.08. The van der Waals surface area contributed by atoms with Crippen molar-refractivity contribution in [2.75, 3.05) is 51.4 Å². The largest absolute Gasteiger partial charge is 0.493 e. The number of carbonyl (C=O) groups is 2. The van der Waals surface area contributed by atoms with Crippen LogP contribution in [0.2, 0.25) is 5.02 Å². The number of methoxy groups -OCH3 is 1. The summed E-state index contributed by atoms with van der Waals surface area (Å²) >= 11 is 5.99. The SMILES string of the molecule is COc1cc(CCN2CCC(O)(c3ccc(Cl)cc3)CC2)ccc1OCCCSSCCN.O=C(O)C(F)(F)F.O=C(O)C(F)(F)F. The Labute approximate surface area is 281 Å². The van der Waals surface area contributed by atoms with E-state index in [1.165, 1.54) is 5.56 Å². The van der Waals surface area contributed by atoms with Crippen LogP contribution in [0.3, 0.4) is 0 Å². The fourth-order valence-corrected chi connectivity index (χ4v) is 5.98. The molecule has 0 amide bonds. The Balaban J connectivity index is 0.000000658. The van der Waals surface area contributed by atoms with E-state index in [0.29, 0.717) is 11.6 Å². The molecular weight excluding hydrogens is 702 g/mol. The Kier molecular flexibility index (Phi) is 18.7. The van der Waals surface area contributed by atoms with Gasteiger partial charge in [-0.2, -0.15) is 26.3 Å². The van der Waals surface area contributed by atoms with Crippen molar-refractivity contribution in [2.45, 2.75) is 43.6 Å². The molecule has 1 fully saturated rings. The highest BCUT2D eigenvalue weighted by Gasteiger charge is 2.39. The first-order valence-corrected chi connectivity index (χ1v) is 16.8. The Morgan fingerprint density at radius 2 is 1.47 bits per heavy atom. The molecule has 18 heteroatoms. The number of likely N-dealkylation sites (tertiary alicyclic amines) is 1. The van der Waals surface area contributed by atoms with Crippen molar-refractivity contribution in [3.05, 3.63) is 58.6 Å². The number of alkyl halides is 6. The molecule has 266 valence electrons. The van der Waals surface area contributed by atoms with Gasteiger partial charge in [0.05, 0.1) is 19.3 Å². The smallest absolute Gasteiger partial charge is 0.490 e. The average molecular weight is 739 g/mol. The van der Waals surface area contributed by atoms with Crippen molar-refractivity contribution in [2.24, 2.45) is 5.73 Å². The van der Waals surface area contributed by atoms with E-state index >= 15 is 0 Å². The first-order valence-electron chi connectivity index (χ1n) is 14.0. The van der Waals surface area contributed by atoms with E-state index in [2.05, 4.69) is 17.0 Å². The molecule has 0 aromatic heterocycles. The number of aliphatic hydroxyl groups is 1. The van der Waals surface area contributed by atoms with Gasteiger partial charge in [0.15, 0.2) is 11.5 Å². The zero-order valence-corrected chi connectivity index (χ0v) is 27.7. The molecule has 47 heavy (non-hydrogen) atoms. The molecule has 0 bridgehead atoms. The molecule has 2 aromatic carbocycles. The van der Waals surface area contributed by atoms with Gasteiger partial charge in [0, 0.05) is 42.7 Å². The molecule has 9 nitrogen and oxygen atoms in total. The molecule has 0 spiro atoms. The monoisotopic (exact) mass is 738 g/mol. The quantitative estimate of drug-likeness (QED) is 0.105. The molecule has 0 aliphatic carbocycles. The Morgan fingerprint density at radius 3 is 1.96 bits per heavy atom. The lowest BCUT2D eigenvalue weighted by Gasteiger charge is -2.38. The van der Waals surface area contributed by atoms with E-state index < -0.39 is 29.9 Å². The number of piperidine rings is 1. The third kappa shape index (κ3) is 16.9. The molecular formula is C29H37ClF6N2O7S2. The number of rotatable bonds is 13. The number of nitrogens with zero attached hydrogens (tertiary/aromatic N) is 1. The summed E-state index contributed by atoms with van der Waals surface area (Å²) in [5, 5.41) is 26.0. The number of hydrogen-bond donors (Lipinski definition) is 4. The van der Waals surface area contributed by atoms with Crippen LogP contribution in [-0.2, 0) is 21.6 Å². The van der Waals surface area contributed by atoms with Crippen molar-refractivity contribution >= 4 is 45.1 Å². The molecule has 5 N–H and O–H groups in total. The van der Waals surface area contributed by atoms with Crippen LogP contribution >= 0.6 is 33.2 Å². The molecule has 0 radical (unpaired) electrons. The van der Waals surface area contributed by atoms with Crippen LogP contribution in [0.5, 0.6) is 11.5 Å². The second-order valence-electron chi connectivity index (χ2n) is 9.86. The lowest BCUT2D eigenvalue weighted by atomic mass is 9.84. The second-order valence-corrected chi connectivity index (χ2v) is 13.0. The van der Waals surface area contributed by atoms with Crippen LogP contribution in [-0.4, -0.2) is 95.9 Å². The predicted molar refractivity (Wildman–Crippen MR) is 169 cm³/mol. The van der Waals surface area contributed by atoms with Gasteiger partial charge in [-0.25, -0.2) is 9.59 Å². The molecule has 0 unspecified atom stereocenters. The maximum absolute atomic E-state index is 11.1. The van der Waals surface area contributed by atoms with Crippen molar-refractivity contribution in [1.82, 2.24) is 4.90 Å². The van der Waals surface area contributed by atoms with E-state index in [9.17, 15) is 31.4 Å². The number of nitrogens with two attached hydrogens (primary N) is 1. The van der Waals surface area contributed by atoms with Gasteiger partial charge in [-0.05, 0) is 61.1 Å². The van der Waals surface area contributed by atoms with Gasteiger partial charge in [-0.15, -0.1) is 0 Å². The normalized spacial score (nSPS) is 14.6. The highest BCUT2D eigenvalue weighted by atomic mass is 35.5. The first kappa shape index (κ1) is 42.5. The molecule has 2 aromatic rings. The van der Waals surface area contributed by atoms with Gasteiger partial charge < -0.3 is 35.4 Å². The zero-order valence-electron chi connectivity index (χ0n) is 25.3. The zero-order chi connectivity index (χ0) is 35.7. The van der Waals surface area contributed by atoms with E-state index in [0.717, 1.165) is 80.4 Å². The van der Waals surface area contributed by atoms with E-state index in [-0.39, 0.29) is 0 Å². The third-order valence-electron chi connectivity index (χ3n) is 6.41. The maximum Gasteiger partial charge on any atom is 0.490 e. The number of ether oxygens (including phenoxy) is 2. The standard InChI is InChI=1S/C25H35ClN2O3S2.2C2HF3O2/c1-30-24-19-20(3-8-23(24)31-16-2-17-32-33-18-12-27)9-13-28-14-10-25(29,11-15-28)21-4-6-22(26)7-5-21;2*3-2(4,5)1(6)7/h3-8,19,29H,2,9-18,27H2,1H3;2*(H,6,7). The van der Waals surface area contributed by atoms with Crippen molar-refractivity contribution < 1.29 is 60.7 Å².